The zero-order valence-corrected chi connectivity index (χ0v) is 7.90. The molecule has 0 fully saturated rings. The molecule has 0 aliphatic carbocycles. The van der Waals surface area contributed by atoms with Crippen molar-refractivity contribution in [3.63, 3.8) is 0 Å². The van der Waals surface area contributed by atoms with Crippen molar-refractivity contribution in [3.8, 4) is 0 Å². The van der Waals surface area contributed by atoms with Crippen LogP contribution in [0.2, 0.25) is 0 Å². The summed E-state index contributed by atoms with van der Waals surface area (Å²) in [6.45, 7) is 2.60. The molecule has 0 aromatic carbocycles. The minimum Gasteiger partial charge on any atom is -0.548 e. The molecule has 1 aromatic heterocycles. The number of nitrogen functional groups attached to an aromatic ring is 1. The van der Waals surface area contributed by atoms with Gasteiger partial charge in [-0.15, -0.1) is 0 Å². The van der Waals surface area contributed by atoms with Gasteiger partial charge in [0.2, 0.25) is 0 Å². The number of hydrogen-bond donors (Lipinski definition) is 1. The number of carboxylic acid groups (broad SMARTS) is 1. The van der Waals surface area contributed by atoms with Gasteiger partial charge in [-0.1, -0.05) is 0 Å². The lowest BCUT2D eigenvalue weighted by molar-refractivity contribution is -0.306. The first-order valence-corrected chi connectivity index (χ1v) is 3.97. The van der Waals surface area contributed by atoms with Crippen molar-refractivity contribution in [1.82, 2.24) is 9.55 Å². The van der Waals surface area contributed by atoms with Gasteiger partial charge in [0.15, 0.2) is 0 Å². The van der Waals surface area contributed by atoms with E-state index in [0.29, 0.717) is 11.5 Å². The van der Waals surface area contributed by atoms with Gasteiger partial charge >= 0.3 is 0 Å². The quantitative estimate of drug-likeness (QED) is 0.600. The number of hydrogen-bond acceptors (Lipinski definition) is 5. The fourth-order valence-corrected chi connectivity index (χ4v) is 1.13. The van der Waals surface area contributed by atoms with Gasteiger partial charge in [0.05, 0.1) is 18.2 Å². The lowest BCUT2D eigenvalue weighted by atomic mass is 10.3. The van der Waals surface area contributed by atoms with Crippen LogP contribution in [0.25, 0.3) is 0 Å². The lowest BCUT2D eigenvalue weighted by Gasteiger charge is -2.11. The molecule has 0 aliphatic rings. The Morgan fingerprint density at radius 3 is 2.64 bits per heavy atom. The molecule has 6 nitrogen and oxygen atoms in total. The van der Waals surface area contributed by atoms with Crippen LogP contribution >= 0.6 is 0 Å². The zero-order chi connectivity index (χ0) is 10.9. The Hall–Kier alpha value is -1.85. The summed E-state index contributed by atoms with van der Waals surface area (Å²) in [4.78, 5) is 25.7. The van der Waals surface area contributed by atoms with Gasteiger partial charge in [0.1, 0.15) is 11.5 Å². The average molecular weight is 196 g/mol. The van der Waals surface area contributed by atoms with Crippen molar-refractivity contribution in [3.05, 3.63) is 21.9 Å². The lowest BCUT2D eigenvalue weighted by Crippen LogP contribution is -2.35. The standard InChI is InChI=1S/C8H11N3O3/c1-4-7(9)8(14)11(3-6(12)13)5(2)10-4/h3,9H2,1-2H3,(H,12,13)/p-1. The van der Waals surface area contributed by atoms with E-state index in [1.165, 1.54) is 6.92 Å². The highest BCUT2D eigenvalue weighted by Crippen LogP contribution is 2.01. The first kappa shape index (κ1) is 10.2. The summed E-state index contributed by atoms with van der Waals surface area (Å²) in [6, 6.07) is 0. The normalized spacial score (nSPS) is 10.1. The predicted octanol–water partition coefficient (Wildman–Crippen LogP) is -1.81. The van der Waals surface area contributed by atoms with Crippen LogP contribution in [0.3, 0.4) is 0 Å². The molecule has 0 atom stereocenters. The van der Waals surface area contributed by atoms with E-state index in [0.717, 1.165) is 4.57 Å². The summed E-state index contributed by atoms with van der Waals surface area (Å²) in [5.41, 5.74) is 5.25. The van der Waals surface area contributed by atoms with Crippen LogP contribution in [0.4, 0.5) is 5.69 Å². The molecule has 1 heterocycles. The molecule has 0 amide bonds. The fraction of sp³-hybridized carbons (Fsp3) is 0.375. The Balaban J connectivity index is 3.37. The highest BCUT2D eigenvalue weighted by molar-refractivity contribution is 5.64. The Labute approximate surface area is 80.0 Å². The second-order valence-electron chi connectivity index (χ2n) is 2.92. The monoisotopic (exact) mass is 196 g/mol. The number of carbonyl (C=O) groups is 1. The van der Waals surface area contributed by atoms with Crippen molar-refractivity contribution < 1.29 is 9.90 Å². The van der Waals surface area contributed by atoms with Gasteiger partial charge in [-0.25, -0.2) is 4.98 Å². The van der Waals surface area contributed by atoms with Crippen molar-refractivity contribution >= 4 is 11.7 Å². The third kappa shape index (κ3) is 1.73. The molecule has 1 aromatic rings. The second-order valence-corrected chi connectivity index (χ2v) is 2.92. The molecule has 2 N–H and O–H groups in total. The maximum Gasteiger partial charge on any atom is 0.277 e. The summed E-state index contributed by atoms with van der Waals surface area (Å²) >= 11 is 0. The number of carboxylic acids is 1. The van der Waals surface area contributed by atoms with E-state index in [-0.39, 0.29) is 5.69 Å². The van der Waals surface area contributed by atoms with E-state index in [4.69, 9.17) is 5.73 Å². The zero-order valence-electron chi connectivity index (χ0n) is 7.90. The van der Waals surface area contributed by atoms with Crippen LogP contribution in [0, 0.1) is 13.8 Å². The number of nitrogens with two attached hydrogens (primary N) is 1. The topological polar surface area (TPSA) is 101 Å². The fourth-order valence-electron chi connectivity index (χ4n) is 1.13. The van der Waals surface area contributed by atoms with Crippen LogP contribution in [0.1, 0.15) is 11.5 Å². The number of aryl methyl sites for hydroxylation is 2. The van der Waals surface area contributed by atoms with Gasteiger partial charge in [0.25, 0.3) is 5.56 Å². The third-order valence-corrected chi connectivity index (χ3v) is 1.87. The maximum absolute atomic E-state index is 11.5. The average Bonchev–Trinajstić information content (AvgIpc) is 2.09. The highest BCUT2D eigenvalue weighted by Gasteiger charge is 2.08. The van der Waals surface area contributed by atoms with E-state index in [9.17, 15) is 14.7 Å². The van der Waals surface area contributed by atoms with Gasteiger partial charge < -0.3 is 15.6 Å². The largest absolute Gasteiger partial charge is 0.548 e. The molecule has 0 unspecified atom stereocenters. The molecule has 0 bridgehead atoms. The van der Waals surface area contributed by atoms with E-state index in [1.807, 2.05) is 0 Å². The second kappa shape index (κ2) is 3.49. The molecule has 0 saturated heterocycles. The Bertz CT molecular complexity index is 436. The SMILES string of the molecule is Cc1nc(C)n(CC(=O)[O-])c(=O)c1N. The van der Waals surface area contributed by atoms with Crippen molar-refractivity contribution in [2.75, 3.05) is 5.73 Å². The summed E-state index contributed by atoms with van der Waals surface area (Å²) in [7, 11) is 0. The number of aliphatic carboxylic acids is 1. The first-order valence-electron chi connectivity index (χ1n) is 3.97. The summed E-state index contributed by atoms with van der Waals surface area (Å²) < 4.78 is 0.970. The van der Waals surface area contributed by atoms with Crippen molar-refractivity contribution in [2.24, 2.45) is 0 Å². The summed E-state index contributed by atoms with van der Waals surface area (Å²) in [5.74, 6) is -1.04. The molecule has 14 heavy (non-hydrogen) atoms. The van der Waals surface area contributed by atoms with Gasteiger partial charge in [-0.3, -0.25) is 9.36 Å². The summed E-state index contributed by atoms with van der Waals surface area (Å²) in [6.07, 6.45) is 0. The minimum atomic E-state index is -1.35. The molecule has 0 radical (unpaired) electrons. The minimum absolute atomic E-state index is 0.0307. The Morgan fingerprint density at radius 2 is 2.14 bits per heavy atom. The molecule has 0 spiro atoms. The Kier molecular flexibility index (Phi) is 2.55. The van der Waals surface area contributed by atoms with Gasteiger partial charge in [-0.2, -0.15) is 0 Å². The van der Waals surface area contributed by atoms with E-state index < -0.39 is 18.1 Å². The maximum atomic E-state index is 11.5. The van der Waals surface area contributed by atoms with Crippen LogP contribution in [-0.4, -0.2) is 15.5 Å². The van der Waals surface area contributed by atoms with E-state index in [1.54, 1.807) is 6.92 Å². The molecule has 0 aliphatic heterocycles. The van der Waals surface area contributed by atoms with Crippen molar-refractivity contribution in [1.29, 1.82) is 0 Å². The van der Waals surface area contributed by atoms with Crippen molar-refractivity contribution in [2.45, 2.75) is 20.4 Å². The van der Waals surface area contributed by atoms with Crippen LogP contribution < -0.4 is 16.4 Å². The molecule has 0 saturated carbocycles. The van der Waals surface area contributed by atoms with Gasteiger partial charge in [0, 0.05) is 0 Å². The van der Waals surface area contributed by atoms with Crippen LogP contribution in [0.5, 0.6) is 0 Å². The summed E-state index contributed by atoms with van der Waals surface area (Å²) in [5, 5.41) is 10.3. The molecule has 76 valence electrons. The third-order valence-electron chi connectivity index (χ3n) is 1.87. The van der Waals surface area contributed by atoms with Gasteiger partial charge in [-0.05, 0) is 13.8 Å². The van der Waals surface area contributed by atoms with Crippen LogP contribution in [-0.2, 0) is 11.3 Å². The number of anilines is 1. The number of rotatable bonds is 2. The first-order chi connectivity index (χ1) is 6.43. The predicted molar refractivity (Wildman–Crippen MR) is 47.4 cm³/mol. The number of nitrogens with zero attached hydrogens (tertiary/aromatic N) is 2. The number of carbonyl (C=O) groups excluding carboxylic acids is 1. The van der Waals surface area contributed by atoms with E-state index in [2.05, 4.69) is 4.98 Å². The smallest absolute Gasteiger partial charge is 0.277 e. The molecular weight excluding hydrogens is 186 g/mol. The van der Waals surface area contributed by atoms with E-state index >= 15 is 0 Å². The molecule has 6 heteroatoms. The molecular formula is C8H10N3O3-. The number of aromatic nitrogens is 2. The van der Waals surface area contributed by atoms with Crippen LogP contribution in [0.15, 0.2) is 4.79 Å². The molecule has 1 rings (SSSR count). The highest BCUT2D eigenvalue weighted by atomic mass is 16.4. The Morgan fingerprint density at radius 1 is 1.57 bits per heavy atom.